The lowest BCUT2D eigenvalue weighted by atomic mass is 10.2. The molecule has 0 saturated carbocycles. The summed E-state index contributed by atoms with van der Waals surface area (Å²) in [5.41, 5.74) is 2.08. The van der Waals surface area contributed by atoms with Crippen LogP contribution < -0.4 is 4.74 Å². The van der Waals surface area contributed by atoms with Gasteiger partial charge in [0.25, 0.3) is 0 Å². The molecule has 1 atom stereocenters. The first-order chi connectivity index (χ1) is 16.4. The van der Waals surface area contributed by atoms with Crippen molar-refractivity contribution >= 4 is 0 Å². The number of hydrogen-bond acceptors (Lipinski definition) is 5. The van der Waals surface area contributed by atoms with E-state index in [1.54, 1.807) is 28.9 Å². The van der Waals surface area contributed by atoms with E-state index in [-0.39, 0.29) is 19.0 Å². The van der Waals surface area contributed by atoms with Gasteiger partial charge in [-0.1, -0.05) is 18.9 Å². The molecule has 3 rings (SSSR count). The first-order valence-electron chi connectivity index (χ1n) is 11.1. The summed E-state index contributed by atoms with van der Waals surface area (Å²) in [6.07, 6.45) is 5.34. The molecule has 1 N–H and O–H groups in total. The molecule has 0 fully saturated rings. The number of aliphatic hydroxyl groups excluding tert-OH is 1. The van der Waals surface area contributed by atoms with E-state index >= 15 is 0 Å². The molecule has 3 aromatic rings. The molecule has 1 aromatic heterocycles. The van der Waals surface area contributed by atoms with E-state index in [0.717, 1.165) is 12.0 Å². The molecule has 0 spiro atoms. The third-order valence-electron chi connectivity index (χ3n) is 5.11. The third-order valence-corrected chi connectivity index (χ3v) is 5.11. The van der Waals surface area contributed by atoms with Crippen molar-refractivity contribution in [2.75, 3.05) is 26.3 Å². The van der Waals surface area contributed by atoms with Crippen LogP contribution in [0.4, 0.5) is 8.78 Å². The molecule has 0 aliphatic carbocycles. The van der Waals surface area contributed by atoms with Crippen molar-refractivity contribution in [1.82, 2.24) is 14.7 Å². The van der Waals surface area contributed by atoms with E-state index in [4.69, 9.17) is 15.9 Å². The summed E-state index contributed by atoms with van der Waals surface area (Å²) < 4.78 is 40.3. The van der Waals surface area contributed by atoms with Crippen LogP contribution in [0.25, 0.3) is 5.69 Å². The lowest BCUT2D eigenvalue weighted by molar-refractivity contribution is 0.0259. The van der Waals surface area contributed by atoms with Gasteiger partial charge in [0, 0.05) is 19.2 Å². The monoisotopic (exact) mass is 469 g/mol. The van der Waals surface area contributed by atoms with Gasteiger partial charge in [-0.25, -0.2) is 13.5 Å². The summed E-state index contributed by atoms with van der Waals surface area (Å²) in [5.74, 6) is 2.30. The molecule has 34 heavy (non-hydrogen) atoms. The Morgan fingerprint density at radius 2 is 1.94 bits per heavy atom. The lowest BCUT2D eigenvalue weighted by Crippen LogP contribution is -2.35. The van der Waals surface area contributed by atoms with Gasteiger partial charge in [0.05, 0.1) is 29.7 Å². The summed E-state index contributed by atoms with van der Waals surface area (Å²) in [5, 5.41) is 15.0. The van der Waals surface area contributed by atoms with Crippen molar-refractivity contribution in [1.29, 1.82) is 0 Å². The highest BCUT2D eigenvalue weighted by Gasteiger charge is 2.22. The SMILES string of the molecule is C#CCOC[C@H](O)CN(CCC)Cc1c(C)nn(-c2ccc(F)cc2)c1Oc1cccc(F)c1. The summed E-state index contributed by atoms with van der Waals surface area (Å²) in [4.78, 5) is 2.07. The molecule has 0 radical (unpaired) electrons. The maximum atomic E-state index is 13.8. The van der Waals surface area contributed by atoms with Crippen LogP contribution in [0.2, 0.25) is 0 Å². The normalized spacial score (nSPS) is 12.0. The Balaban J connectivity index is 1.94. The highest BCUT2D eigenvalue weighted by molar-refractivity contribution is 5.43. The van der Waals surface area contributed by atoms with Gasteiger partial charge in [-0.3, -0.25) is 4.90 Å². The van der Waals surface area contributed by atoms with E-state index in [9.17, 15) is 13.9 Å². The number of ether oxygens (including phenoxy) is 2. The Labute approximate surface area is 198 Å². The minimum Gasteiger partial charge on any atom is -0.438 e. The number of hydrogen-bond donors (Lipinski definition) is 1. The highest BCUT2D eigenvalue weighted by Crippen LogP contribution is 2.32. The standard InChI is InChI=1S/C26H29F2N3O3/c1-4-13-30(16-23(32)18-33-14-5-2)17-25-19(3)29-31(22-11-9-20(27)10-12-22)26(25)34-24-8-6-7-21(28)15-24/h2,6-12,15,23,32H,4,13-14,16-18H2,1,3H3/t23-/m1/s1. The fraction of sp³-hybridized carbons (Fsp3) is 0.346. The van der Waals surface area contributed by atoms with Crippen molar-refractivity contribution in [2.24, 2.45) is 0 Å². The Bertz CT molecular complexity index is 1110. The van der Waals surface area contributed by atoms with Crippen LogP contribution in [0.5, 0.6) is 11.6 Å². The Morgan fingerprint density at radius 3 is 2.62 bits per heavy atom. The van der Waals surface area contributed by atoms with Gasteiger partial charge in [-0.2, -0.15) is 5.10 Å². The molecule has 0 unspecified atom stereocenters. The number of terminal acetylenes is 1. The van der Waals surface area contributed by atoms with Crippen LogP contribution in [0.3, 0.4) is 0 Å². The topological polar surface area (TPSA) is 59.8 Å². The summed E-state index contributed by atoms with van der Waals surface area (Å²) in [7, 11) is 0. The van der Waals surface area contributed by atoms with Gasteiger partial charge in [-0.05, 0) is 56.3 Å². The molecule has 180 valence electrons. The lowest BCUT2D eigenvalue weighted by Gasteiger charge is -2.25. The van der Waals surface area contributed by atoms with E-state index in [1.165, 1.54) is 24.3 Å². The van der Waals surface area contributed by atoms with Gasteiger partial charge in [-0.15, -0.1) is 6.42 Å². The zero-order chi connectivity index (χ0) is 24.5. The molecular formula is C26H29F2N3O3. The molecule has 8 heteroatoms. The van der Waals surface area contributed by atoms with Gasteiger partial charge in [0.15, 0.2) is 0 Å². The molecule has 2 aromatic carbocycles. The van der Waals surface area contributed by atoms with Crippen molar-refractivity contribution < 1.29 is 23.4 Å². The van der Waals surface area contributed by atoms with E-state index in [0.29, 0.717) is 42.6 Å². The number of nitrogens with zero attached hydrogens (tertiary/aromatic N) is 3. The van der Waals surface area contributed by atoms with Crippen molar-refractivity contribution in [3.63, 3.8) is 0 Å². The zero-order valence-electron chi connectivity index (χ0n) is 19.4. The largest absolute Gasteiger partial charge is 0.438 e. The first kappa shape index (κ1) is 25.4. The van der Waals surface area contributed by atoms with E-state index in [2.05, 4.69) is 15.9 Å². The van der Waals surface area contributed by atoms with Crippen LogP contribution >= 0.6 is 0 Å². The van der Waals surface area contributed by atoms with Crippen LogP contribution in [-0.4, -0.2) is 52.2 Å². The summed E-state index contributed by atoms with van der Waals surface area (Å²) in [6.45, 7) is 5.67. The smallest absolute Gasteiger partial charge is 0.227 e. The average Bonchev–Trinajstić information content (AvgIpc) is 3.09. The van der Waals surface area contributed by atoms with Crippen molar-refractivity contribution in [2.45, 2.75) is 32.9 Å². The van der Waals surface area contributed by atoms with Crippen LogP contribution in [-0.2, 0) is 11.3 Å². The highest BCUT2D eigenvalue weighted by atomic mass is 19.1. The molecule has 0 saturated heterocycles. The number of halogens is 2. The molecule has 0 aliphatic rings. The number of aliphatic hydroxyl groups is 1. The average molecular weight is 470 g/mol. The number of rotatable bonds is 12. The van der Waals surface area contributed by atoms with Crippen LogP contribution in [0.1, 0.15) is 24.6 Å². The van der Waals surface area contributed by atoms with Gasteiger partial charge in [0.1, 0.15) is 24.0 Å². The van der Waals surface area contributed by atoms with Crippen molar-refractivity contribution in [3.05, 3.63) is 71.4 Å². The second kappa shape index (κ2) is 12.3. The predicted molar refractivity (Wildman–Crippen MR) is 126 cm³/mol. The minimum absolute atomic E-state index is 0.130. The Kier molecular flexibility index (Phi) is 9.16. The minimum atomic E-state index is -0.722. The maximum Gasteiger partial charge on any atom is 0.227 e. The number of aromatic nitrogens is 2. The van der Waals surface area contributed by atoms with Gasteiger partial charge < -0.3 is 14.6 Å². The quantitative estimate of drug-likeness (QED) is 0.313. The summed E-state index contributed by atoms with van der Waals surface area (Å²) >= 11 is 0. The molecular weight excluding hydrogens is 440 g/mol. The maximum absolute atomic E-state index is 13.8. The molecule has 0 amide bonds. The fourth-order valence-electron chi connectivity index (χ4n) is 3.60. The summed E-state index contributed by atoms with van der Waals surface area (Å²) in [6, 6.07) is 11.7. The second-order valence-corrected chi connectivity index (χ2v) is 7.92. The number of benzene rings is 2. The Hall–Kier alpha value is -3.25. The van der Waals surface area contributed by atoms with Crippen LogP contribution in [0.15, 0.2) is 48.5 Å². The predicted octanol–water partition coefficient (Wildman–Crippen LogP) is 4.47. The molecule has 1 heterocycles. The Morgan fingerprint density at radius 1 is 1.18 bits per heavy atom. The van der Waals surface area contributed by atoms with Crippen molar-refractivity contribution in [3.8, 4) is 29.7 Å². The van der Waals surface area contributed by atoms with Crippen LogP contribution in [0, 0.1) is 30.9 Å². The van der Waals surface area contributed by atoms with E-state index < -0.39 is 11.9 Å². The van der Waals surface area contributed by atoms with E-state index in [1.807, 2.05) is 13.8 Å². The molecule has 0 aliphatic heterocycles. The second-order valence-electron chi connectivity index (χ2n) is 7.92. The fourth-order valence-corrected chi connectivity index (χ4v) is 3.60. The third kappa shape index (κ3) is 6.87. The first-order valence-corrected chi connectivity index (χ1v) is 11.1. The zero-order valence-corrected chi connectivity index (χ0v) is 19.4. The van der Waals surface area contributed by atoms with Gasteiger partial charge in [0.2, 0.25) is 5.88 Å². The van der Waals surface area contributed by atoms with Gasteiger partial charge >= 0.3 is 0 Å². The molecule has 0 bridgehead atoms. The molecule has 6 nitrogen and oxygen atoms in total. The number of aryl methyl sites for hydroxylation is 1.